The zero-order valence-corrected chi connectivity index (χ0v) is 12.8. The van der Waals surface area contributed by atoms with E-state index in [9.17, 15) is 0 Å². The molecule has 0 saturated carbocycles. The highest BCUT2D eigenvalue weighted by atomic mass is 79.9. The summed E-state index contributed by atoms with van der Waals surface area (Å²) in [6.07, 6.45) is 1.66. The molecule has 3 nitrogen and oxygen atoms in total. The first-order valence-electron chi connectivity index (χ1n) is 4.88. The van der Waals surface area contributed by atoms with E-state index in [4.69, 9.17) is 16.9 Å². The minimum atomic E-state index is 0.514. The molecule has 0 saturated heterocycles. The average Bonchev–Trinajstić information content (AvgIpc) is 2.34. The van der Waals surface area contributed by atoms with E-state index in [1.165, 1.54) is 0 Å². The summed E-state index contributed by atoms with van der Waals surface area (Å²) >= 11 is 12.8. The maximum atomic E-state index is 8.79. The Bertz CT molecular complexity index is 638. The molecule has 1 aromatic heterocycles. The zero-order valence-electron chi connectivity index (χ0n) is 8.92. The predicted molar refractivity (Wildman–Crippen MR) is 79.1 cm³/mol. The molecule has 0 aliphatic carbocycles. The van der Waals surface area contributed by atoms with Crippen molar-refractivity contribution in [3.8, 4) is 6.07 Å². The standard InChI is InChI=1S/C12H6Br2ClN3/c13-8-4-10(15)12(17-6-8)18-11-2-1-7(5-16)3-9(11)14/h1-4,6H,(H,17,18). The molecule has 2 aromatic rings. The lowest BCUT2D eigenvalue weighted by atomic mass is 10.2. The zero-order chi connectivity index (χ0) is 13.1. The van der Waals surface area contributed by atoms with Gasteiger partial charge >= 0.3 is 0 Å². The van der Waals surface area contributed by atoms with Crippen LogP contribution < -0.4 is 5.32 Å². The van der Waals surface area contributed by atoms with Gasteiger partial charge in [-0.2, -0.15) is 5.26 Å². The van der Waals surface area contributed by atoms with Crippen LogP contribution in [0.3, 0.4) is 0 Å². The third-order valence-electron chi connectivity index (χ3n) is 2.16. The Morgan fingerprint density at radius 2 is 2.06 bits per heavy atom. The molecular formula is C12H6Br2ClN3. The smallest absolute Gasteiger partial charge is 0.149 e. The third kappa shape index (κ3) is 3.02. The Balaban J connectivity index is 2.32. The topological polar surface area (TPSA) is 48.7 Å². The number of benzene rings is 1. The van der Waals surface area contributed by atoms with Crippen LogP contribution in [0.15, 0.2) is 39.4 Å². The van der Waals surface area contributed by atoms with Crippen molar-refractivity contribution in [2.24, 2.45) is 0 Å². The number of nitrogens with zero attached hydrogens (tertiary/aromatic N) is 2. The van der Waals surface area contributed by atoms with Gasteiger partial charge in [-0.25, -0.2) is 4.98 Å². The summed E-state index contributed by atoms with van der Waals surface area (Å²) in [5.41, 5.74) is 1.38. The number of anilines is 2. The Labute approximate surface area is 126 Å². The summed E-state index contributed by atoms with van der Waals surface area (Å²) in [6.45, 7) is 0. The highest BCUT2D eigenvalue weighted by Gasteiger charge is 2.06. The Hall–Kier alpha value is -1.09. The Morgan fingerprint density at radius 3 is 2.67 bits per heavy atom. The van der Waals surface area contributed by atoms with Crippen molar-refractivity contribution in [2.75, 3.05) is 5.32 Å². The molecule has 6 heteroatoms. The van der Waals surface area contributed by atoms with Gasteiger partial charge in [0.2, 0.25) is 0 Å². The minimum absolute atomic E-state index is 0.514. The van der Waals surface area contributed by atoms with Gasteiger partial charge in [0.25, 0.3) is 0 Å². The van der Waals surface area contributed by atoms with E-state index in [0.29, 0.717) is 16.4 Å². The Kier molecular flexibility index (Phi) is 4.23. The molecule has 0 spiro atoms. The fourth-order valence-electron chi connectivity index (χ4n) is 1.32. The summed E-state index contributed by atoms with van der Waals surface area (Å²) in [7, 11) is 0. The minimum Gasteiger partial charge on any atom is -0.338 e. The van der Waals surface area contributed by atoms with Gasteiger partial charge in [0, 0.05) is 15.1 Å². The van der Waals surface area contributed by atoms with E-state index in [1.807, 2.05) is 0 Å². The van der Waals surface area contributed by atoms with Crippen LogP contribution >= 0.6 is 43.5 Å². The first-order valence-corrected chi connectivity index (χ1v) is 6.84. The first kappa shape index (κ1) is 13.3. The Morgan fingerprint density at radius 1 is 1.28 bits per heavy atom. The quantitative estimate of drug-likeness (QED) is 0.799. The summed E-state index contributed by atoms with van der Waals surface area (Å²) in [5.74, 6) is 0.560. The van der Waals surface area contributed by atoms with Gasteiger partial charge in [0.1, 0.15) is 5.82 Å². The monoisotopic (exact) mass is 385 g/mol. The van der Waals surface area contributed by atoms with Crippen molar-refractivity contribution < 1.29 is 0 Å². The molecule has 0 radical (unpaired) electrons. The van der Waals surface area contributed by atoms with Crippen molar-refractivity contribution in [1.82, 2.24) is 4.98 Å². The van der Waals surface area contributed by atoms with E-state index in [0.717, 1.165) is 14.6 Å². The van der Waals surface area contributed by atoms with Crippen LogP contribution in [0.4, 0.5) is 11.5 Å². The molecule has 0 atom stereocenters. The molecule has 0 unspecified atom stereocenters. The van der Waals surface area contributed by atoms with E-state index < -0.39 is 0 Å². The SMILES string of the molecule is N#Cc1ccc(Nc2ncc(Br)cc2Cl)c(Br)c1. The molecule has 0 fully saturated rings. The molecular weight excluding hydrogens is 381 g/mol. The number of halogens is 3. The summed E-state index contributed by atoms with van der Waals surface area (Å²) in [5, 5.41) is 12.4. The normalized spacial score (nSPS) is 9.89. The van der Waals surface area contributed by atoms with Crippen LogP contribution in [0, 0.1) is 11.3 Å². The molecule has 0 aliphatic rings. The van der Waals surface area contributed by atoms with Gasteiger partial charge in [-0.3, -0.25) is 0 Å². The second-order valence-electron chi connectivity index (χ2n) is 3.42. The lowest BCUT2D eigenvalue weighted by molar-refractivity contribution is 1.29. The molecule has 1 aromatic carbocycles. The van der Waals surface area contributed by atoms with Gasteiger partial charge in [-0.1, -0.05) is 11.6 Å². The van der Waals surface area contributed by atoms with Crippen LogP contribution in [0.2, 0.25) is 5.02 Å². The molecule has 0 aliphatic heterocycles. The largest absolute Gasteiger partial charge is 0.338 e. The van der Waals surface area contributed by atoms with E-state index in [2.05, 4.69) is 48.2 Å². The third-order valence-corrected chi connectivity index (χ3v) is 3.54. The second-order valence-corrected chi connectivity index (χ2v) is 5.59. The van der Waals surface area contributed by atoms with Gasteiger partial charge in [-0.05, 0) is 56.1 Å². The van der Waals surface area contributed by atoms with Crippen LogP contribution in [0.25, 0.3) is 0 Å². The number of pyridine rings is 1. The predicted octanol–water partition coefficient (Wildman–Crippen LogP) is 4.88. The summed E-state index contributed by atoms with van der Waals surface area (Å²) in [4.78, 5) is 4.18. The molecule has 0 bridgehead atoms. The maximum absolute atomic E-state index is 8.79. The van der Waals surface area contributed by atoms with Crippen LogP contribution in [-0.2, 0) is 0 Å². The van der Waals surface area contributed by atoms with Crippen molar-refractivity contribution >= 4 is 55.0 Å². The fraction of sp³-hybridized carbons (Fsp3) is 0. The highest BCUT2D eigenvalue weighted by molar-refractivity contribution is 9.10. The number of aromatic nitrogens is 1. The lowest BCUT2D eigenvalue weighted by Crippen LogP contribution is -1.95. The molecule has 1 heterocycles. The van der Waals surface area contributed by atoms with Gasteiger partial charge in [0.05, 0.1) is 22.3 Å². The van der Waals surface area contributed by atoms with Crippen LogP contribution in [0.1, 0.15) is 5.56 Å². The number of nitriles is 1. The molecule has 1 N–H and O–H groups in total. The lowest BCUT2D eigenvalue weighted by Gasteiger charge is -2.09. The van der Waals surface area contributed by atoms with E-state index >= 15 is 0 Å². The van der Waals surface area contributed by atoms with E-state index in [-0.39, 0.29) is 0 Å². The van der Waals surface area contributed by atoms with Crippen LogP contribution in [-0.4, -0.2) is 4.98 Å². The molecule has 90 valence electrons. The highest BCUT2D eigenvalue weighted by Crippen LogP contribution is 2.30. The average molecular weight is 387 g/mol. The summed E-state index contributed by atoms with van der Waals surface area (Å²) < 4.78 is 1.60. The number of hydrogen-bond acceptors (Lipinski definition) is 3. The van der Waals surface area contributed by atoms with Crippen molar-refractivity contribution in [3.05, 3.63) is 50.0 Å². The molecule has 2 rings (SSSR count). The molecule has 18 heavy (non-hydrogen) atoms. The maximum Gasteiger partial charge on any atom is 0.149 e. The van der Waals surface area contributed by atoms with Crippen molar-refractivity contribution in [1.29, 1.82) is 5.26 Å². The van der Waals surface area contributed by atoms with Crippen molar-refractivity contribution in [2.45, 2.75) is 0 Å². The van der Waals surface area contributed by atoms with Gasteiger partial charge in [-0.15, -0.1) is 0 Å². The fourth-order valence-corrected chi connectivity index (χ4v) is 2.47. The van der Waals surface area contributed by atoms with Gasteiger partial charge in [0.15, 0.2) is 0 Å². The van der Waals surface area contributed by atoms with E-state index in [1.54, 1.807) is 30.5 Å². The van der Waals surface area contributed by atoms with Crippen molar-refractivity contribution in [3.63, 3.8) is 0 Å². The number of rotatable bonds is 2. The second kappa shape index (κ2) is 5.70. The first-order chi connectivity index (χ1) is 8.60. The molecule has 0 amide bonds. The summed E-state index contributed by atoms with van der Waals surface area (Å²) in [6, 6.07) is 9.08. The number of hydrogen-bond donors (Lipinski definition) is 1. The van der Waals surface area contributed by atoms with Gasteiger partial charge < -0.3 is 5.32 Å². The van der Waals surface area contributed by atoms with Crippen LogP contribution in [0.5, 0.6) is 0 Å². The number of nitrogens with one attached hydrogen (secondary N) is 1.